The molecule has 0 bridgehead atoms. The third-order valence-corrected chi connectivity index (χ3v) is 6.64. The quantitative estimate of drug-likeness (QED) is 0.564. The van der Waals surface area contributed by atoms with E-state index in [4.69, 9.17) is 21.1 Å². The molecule has 0 aromatic heterocycles. The van der Waals surface area contributed by atoms with Crippen molar-refractivity contribution >= 4 is 53.3 Å². The molecule has 0 saturated heterocycles. The van der Waals surface area contributed by atoms with Gasteiger partial charge < -0.3 is 19.3 Å². The highest BCUT2D eigenvalue weighted by molar-refractivity contribution is 8.00. The summed E-state index contributed by atoms with van der Waals surface area (Å²) in [6.45, 7) is 2.42. The largest absolute Gasteiger partial charge is 0.497 e. The van der Waals surface area contributed by atoms with Gasteiger partial charge in [0, 0.05) is 20.0 Å². The molecule has 0 N–H and O–H groups in total. The second-order valence-corrected chi connectivity index (χ2v) is 8.78. The Balaban J connectivity index is 0.00000341. The molecule has 6 nitrogen and oxygen atoms in total. The van der Waals surface area contributed by atoms with Crippen LogP contribution in [0.5, 0.6) is 5.75 Å². The molecule has 0 unspecified atom stereocenters. The van der Waals surface area contributed by atoms with Crippen LogP contribution in [0.1, 0.15) is 17.7 Å². The van der Waals surface area contributed by atoms with Crippen molar-refractivity contribution in [2.45, 2.75) is 23.2 Å². The zero-order chi connectivity index (χ0) is 21.8. The molecule has 1 amide bonds. The Hall–Kier alpha value is -1.93. The molecule has 2 aromatic carbocycles. The number of esters is 1. The third-order valence-electron chi connectivity index (χ3n) is 4.77. The van der Waals surface area contributed by atoms with Crippen molar-refractivity contribution in [1.82, 2.24) is 4.90 Å². The van der Waals surface area contributed by atoms with E-state index in [-0.39, 0.29) is 18.3 Å². The lowest BCUT2D eigenvalue weighted by molar-refractivity contribution is -0.152. The number of hydrogen-bond donors (Lipinski definition) is 0. The highest BCUT2D eigenvalue weighted by Gasteiger charge is 2.41. The number of methoxy groups -OCH3 is 1. The van der Waals surface area contributed by atoms with E-state index in [1.165, 1.54) is 18.7 Å². The Morgan fingerprint density at radius 2 is 1.87 bits per heavy atom. The summed E-state index contributed by atoms with van der Waals surface area (Å²) >= 11 is 7.98. The van der Waals surface area contributed by atoms with Crippen LogP contribution in [0.25, 0.3) is 0 Å². The molecule has 0 fully saturated rings. The van der Waals surface area contributed by atoms with E-state index in [2.05, 4.69) is 0 Å². The van der Waals surface area contributed by atoms with Crippen LogP contribution in [0.15, 0.2) is 47.4 Å². The van der Waals surface area contributed by atoms with Crippen molar-refractivity contribution in [2.75, 3.05) is 39.2 Å². The van der Waals surface area contributed by atoms with Gasteiger partial charge in [-0.15, -0.1) is 24.2 Å². The summed E-state index contributed by atoms with van der Waals surface area (Å²) in [5, 5.41) is 0.109. The maximum Gasteiger partial charge on any atom is 0.303 e. The predicted octanol–water partition coefficient (Wildman–Crippen LogP) is 4.44. The summed E-state index contributed by atoms with van der Waals surface area (Å²) in [5.41, 5.74) is 1.58. The molecule has 1 aliphatic rings. The Morgan fingerprint density at radius 3 is 2.45 bits per heavy atom. The Labute approximate surface area is 198 Å². The number of likely N-dealkylation sites (N-methyl/N-ethyl adjacent to an activating group) is 1. The SMILES string of the molecule is COc1ccc([C@@H]2Sc3c(Cl)cccc3N(CCN(C)C)C(=O)[C@@H]2OC(C)=O)cc1.Cl. The molecular weight excluding hydrogens is 459 g/mol. The number of rotatable bonds is 6. The zero-order valence-corrected chi connectivity index (χ0v) is 20.2. The zero-order valence-electron chi connectivity index (χ0n) is 17.8. The number of nitrogens with zero attached hydrogens (tertiary/aromatic N) is 2. The van der Waals surface area contributed by atoms with Gasteiger partial charge in [0.05, 0.1) is 28.0 Å². The average Bonchev–Trinajstić information content (AvgIpc) is 2.82. The molecule has 31 heavy (non-hydrogen) atoms. The fraction of sp³-hybridized carbons (Fsp3) is 0.364. The molecule has 1 aliphatic heterocycles. The highest BCUT2D eigenvalue weighted by atomic mass is 35.5. The summed E-state index contributed by atoms with van der Waals surface area (Å²) in [6, 6.07) is 12.9. The predicted molar refractivity (Wildman–Crippen MR) is 127 cm³/mol. The van der Waals surface area contributed by atoms with Crippen LogP contribution in [0.3, 0.4) is 0 Å². The van der Waals surface area contributed by atoms with Crippen molar-refractivity contribution in [3.63, 3.8) is 0 Å². The van der Waals surface area contributed by atoms with Gasteiger partial charge in [-0.1, -0.05) is 29.8 Å². The molecule has 0 radical (unpaired) electrons. The van der Waals surface area contributed by atoms with Gasteiger partial charge in [-0.05, 0) is 43.9 Å². The Bertz CT molecular complexity index is 924. The monoisotopic (exact) mass is 484 g/mol. The van der Waals surface area contributed by atoms with E-state index in [1.807, 2.05) is 55.4 Å². The number of fused-ring (bicyclic) bond motifs is 1. The summed E-state index contributed by atoms with van der Waals surface area (Å²) < 4.78 is 10.8. The molecule has 3 rings (SSSR count). The maximum atomic E-state index is 13.6. The molecule has 168 valence electrons. The van der Waals surface area contributed by atoms with E-state index in [1.54, 1.807) is 18.1 Å². The first-order chi connectivity index (χ1) is 14.3. The van der Waals surface area contributed by atoms with Gasteiger partial charge >= 0.3 is 5.97 Å². The van der Waals surface area contributed by atoms with Crippen molar-refractivity contribution in [2.24, 2.45) is 0 Å². The van der Waals surface area contributed by atoms with Gasteiger partial charge in [0.15, 0.2) is 6.10 Å². The summed E-state index contributed by atoms with van der Waals surface area (Å²) in [4.78, 5) is 30.0. The third kappa shape index (κ3) is 5.86. The van der Waals surface area contributed by atoms with Crippen LogP contribution in [-0.4, -0.2) is 57.2 Å². The second kappa shape index (κ2) is 11.1. The molecule has 2 atom stereocenters. The Morgan fingerprint density at radius 1 is 1.19 bits per heavy atom. The first-order valence-electron chi connectivity index (χ1n) is 9.54. The number of ether oxygens (including phenoxy) is 2. The van der Waals surface area contributed by atoms with Crippen molar-refractivity contribution in [3.8, 4) is 5.75 Å². The molecule has 0 saturated carbocycles. The number of amides is 1. The van der Waals surface area contributed by atoms with Crippen LogP contribution in [0, 0.1) is 0 Å². The number of benzene rings is 2. The minimum atomic E-state index is -0.980. The first kappa shape index (κ1) is 25.3. The maximum absolute atomic E-state index is 13.6. The van der Waals surface area contributed by atoms with Gasteiger partial charge in [-0.3, -0.25) is 9.59 Å². The molecule has 0 spiro atoms. The fourth-order valence-corrected chi connectivity index (χ4v) is 4.90. The van der Waals surface area contributed by atoms with Gasteiger partial charge in [0.1, 0.15) is 5.75 Å². The molecule has 1 heterocycles. The van der Waals surface area contributed by atoms with Gasteiger partial charge in [0.25, 0.3) is 5.91 Å². The lowest BCUT2D eigenvalue weighted by Gasteiger charge is -2.28. The number of thioether (sulfide) groups is 1. The van der Waals surface area contributed by atoms with Crippen molar-refractivity contribution < 1.29 is 19.1 Å². The minimum absolute atomic E-state index is 0. The lowest BCUT2D eigenvalue weighted by atomic mass is 10.1. The van der Waals surface area contributed by atoms with Gasteiger partial charge in [-0.25, -0.2) is 0 Å². The average molecular weight is 485 g/mol. The summed E-state index contributed by atoms with van der Waals surface area (Å²) in [5.74, 6) is -0.0581. The van der Waals surface area contributed by atoms with E-state index >= 15 is 0 Å². The topological polar surface area (TPSA) is 59.1 Å². The standard InChI is InChI=1S/C22H25ClN2O4S.ClH/c1-14(26)29-19-20(15-8-10-16(28-4)11-9-15)30-21-17(23)6-5-7-18(21)25(22(19)27)13-12-24(2)3;/h5-11,19-20H,12-13H2,1-4H3;1H/t19-,20+;/m1./s1. The molecule has 0 aliphatic carbocycles. The lowest BCUT2D eigenvalue weighted by Crippen LogP contribution is -2.45. The van der Waals surface area contributed by atoms with Crippen molar-refractivity contribution in [3.05, 3.63) is 53.1 Å². The molecular formula is C22H26Cl2N2O4S. The van der Waals surface area contributed by atoms with E-state index < -0.39 is 17.3 Å². The van der Waals surface area contributed by atoms with Crippen LogP contribution in [0.2, 0.25) is 5.02 Å². The number of carbonyl (C=O) groups is 2. The first-order valence-corrected chi connectivity index (χ1v) is 10.8. The van der Waals surface area contributed by atoms with Crippen LogP contribution in [0.4, 0.5) is 5.69 Å². The molecule has 9 heteroatoms. The van der Waals surface area contributed by atoms with Crippen LogP contribution < -0.4 is 9.64 Å². The van der Waals surface area contributed by atoms with Crippen LogP contribution in [-0.2, 0) is 14.3 Å². The summed E-state index contributed by atoms with van der Waals surface area (Å²) in [6.07, 6.45) is -0.980. The minimum Gasteiger partial charge on any atom is -0.497 e. The van der Waals surface area contributed by atoms with E-state index in [9.17, 15) is 9.59 Å². The second-order valence-electron chi connectivity index (χ2n) is 7.22. The highest BCUT2D eigenvalue weighted by Crippen LogP contribution is 2.49. The van der Waals surface area contributed by atoms with E-state index in [0.29, 0.717) is 23.9 Å². The number of hydrogen-bond acceptors (Lipinski definition) is 6. The molecule has 2 aromatic rings. The summed E-state index contributed by atoms with van der Waals surface area (Å²) in [7, 11) is 5.48. The number of carbonyl (C=O) groups excluding carboxylic acids is 2. The smallest absolute Gasteiger partial charge is 0.303 e. The van der Waals surface area contributed by atoms with Gasteiger partial charge in [-0.2, -0.15) is 0 Å². The van der Waals surface area contributed by atoms with Gasteiger partial charge in [0.2, 0.25) is 0 Å². The fourth-order valence-electron chi connectivity index (χ4n) is 3.28. The number of halogens is 2. The van der Waals surface area contributed by atoms with E-state index in [0.717, 1.165) is 16.1 Å². The van der Waals surface area contributed by atoms with Crippen LogP contribution >= 0.6 is 35.8 Å². The Kier molecular flexibility index (Phi) is 9.06. The van der Waals surface area contributed by atoms with Crippen molar-refractivity contribution in [1.29, 1.82) is 0 Å². The number of anilines is 1. The normalized spacial score (nSPS) is 18.1.